The highest BCUT2D eigenvalue weighted by atomic mass is 35.5. The summed E-state index contributed by atoms with van der Waals surface area (Å²) in [5.41, 5.74) is 5.03. The molecule has 0 bridgehead atoms. The molecule has 0 unspecified atom stereocenters. The molecule has 0 amide bonds. The van der Waals surface area contributed by atoms with E-state index in [1.165, 1.54) is 12.4 Å². The molecule has 0 aliphatic carbocycles. The summed E-state index contributed by atoms with van der Waals surface area (Å²) in [5, 5.41) is 0.622. The Morgan fingerprint density at radius 1 is 1.00 bits per heavy atom. The van der Waals surface area contributed by atoms with Crippen molar-refractivity contribution >= 4 is 44.9 Å². The minimum atomic E-state index is -4.62. The van der Waals surface area contributed by atoms with Gasteiger partial charge in [0.05, 0.1) is 10.6 Å². The van der Waals surface area contributed by atoms with Gasteiger partial charge in [0, 0.05) is 46.8 Å². The Hall–Kier alpha value is -3.43. The fourth-order valence-corrected chi connectivity index (χ4v) is 8.01. The summed E-state index contributed by atoms with van der Waals surface area (Å²) in [6, 6.07) is 15.8. The number of benzene rings is 3. The molecule has 3 aromatic carbocycles. The van der Waals surface area contributed by atoms with Crippen LogP contribution in [0.3, 0.4) is 0 Å². The zero-order valence-electron chi connectivity index (χ0n) is 25.0. The second kappa shape index (κ2) is 13.6. The maximum atomic E-state index is 14.2. The van der Waals surface area contributed by atoms with Crippen molar-refractivity contribution in [2.45, 2.75) is 53.7 Å². The Kier molecular flexibility index (Phi) is 9.68. The van der Waals surface area contributed by atoms with Crippen molar-refractivity contribution in [3.8, 4) is 11.1 Å². The summed E-state index contributed by atoms with van der Waals surface area (Å²) in [5.74, 6) is -0.177. The van der Waals surface area contributed by atoms with Gasteiger partial charge < -0.3 is 5.73 Å². The van der Waals surface area contributed by atoms with Gasteiger partial charge in [-0.25, -0.2) is 22.8 Å². The molecule has 4 aromatic rings. The molecule has 1 fully saturated rings. The number of piperidine rings is 1. The topological polar surface area (TPSA) is 104 Å². The number of hydrogen-bond acceptors (Lipinski definition) is 8. The summed E-state index contributed by atoms with van der Waals surface area (Å²) in [6.07, 6.45) is 3.64. The minimum absolute atomic E-state index is 0.113. The molecule has 1 aromatic heterocycles. The van der Waals surface area contributed by atoms with Gasteiger partial charge in [0.25, 0.3) is 10.0 Å². The Balaban J connectivity index is 1.09. The second-order valence-corrected chi connectivity index (χ2v) is 14.8. The Morgan fingerprint density at radius 3 is 2.47 bits per heavy atom. The normalized spacial score (nSPS) is 16.6. The number of nitrogens with two attached hydrogens (primary N) is 1. The van der Waals surface area contributed by atoms with E-state index in [2.05, 4.69) is 24.5 Å². The third kappa shape index (κ3) is 8.00. The summed E-state index contributed by atoms with van der Waals surface area (Å²) in [4.78, 5) is 12.6. The van der Waals surface area contributed by atoms with E-state index in [1.54, 1.807) is 18.2 Å². The van der Waals surface area contributed by atoms with Gasteiger partial charge in [-0.2, -0.15) is 13.2 Å². The molecule has 47 heavy (non-hydrogen) atoms. The van der Waals surface area contributed by atoms with Gasteiger partial charge in [0.15, 0.2) is 0 Å². The van der Waals surface area contributed by atoms with E-state index in [0.717, 1.165) is 60.8 Å². The smallest absolute Gasteiger partial charge is 0.398 e. The number of hydrogen-bond donors (Lipinski definition) is 2. The fourth-order valence-electron chi connectivity index (χ4n) is 6.12. The van der Waals surface area contributed by atoms with Crippen molar-refractivity contribution in [1.82, 2.24) is 19.8 Å². The summed E-state index contributed by atoms with van der Waals surface area (Å²) in [7, 11) is -4.26. The van der Waals surface area contributed by atoms with Crippen LogP contribution < -0.4 is 10.5 Å². The van der Waals surface area contributed by atoms with Gasteiger partial charge in [-0.05, 0) is 103 Å². The van der Waals surface area contributed by atoms with E-state index in [0.29, 0.717) is 48.4 Å². The average molecular weight is 707 g/mol. The van der Waals surface area contributed by atoms with E-state index in [9.17, 15) is 26.0 Å². The Morgan fingerprint density at radius 2 is 1.74 bits per heavy atom. The van der Waals surface area contributed by atoms with Gasteiger partial charge in [-0.1, -0.05) is 29.8 Å². The number of alkyl halides is 3. The molecule has 0 radical (unpaired) electrons. The lowest BCUT2D eigenvalue weighted by Gasteiger charge is -2.40. The molecule has 8 nitrogen and oxygen atoms in total. The maximum absolute atomic E-state index is 14.2. The first-order valence-corrected chi connectivity index (χ1v) is 17.5. The van der Waals surface area contributed by atoms with Crippen molar-refractivity contribution in [2.75, 3.05) is 30.1 Å². The highest BCUT2D eigenvalue weighted by Crippen LogP contribution is 2.40. The van der Waals surface area contributed by atoms with Crippen LogP contribution in [0.5, 0.6) is 0 Å². The van der Waals surface area contributed by atoms with Crippen LogP contribution >= 0.6 is 23.4 Å². The number of rotatable bonds is 8. The number of likely N-dealkylation sites (tertiary alicyclic amines) is 1. The quantitative estimate of drug-likeness (QED) is 0.115. The summed E-state index contributed by atoms with van der Waals surface area (Å²) >= 11 is 5.59. The summed E-state index contributed by atoms with van der Waals surface area (Å²) in [6.45, 7) is 3.60. The van der Waals surface area contributed by atoms with E-state index < -0.39 is 32.2 Å². The third-order valence-electron chi connectivity index (χ3n) is 8.48. The van der Waals surface area contributed by atoms with Crippen molar-refractivity contribution in [3.05, 3.63) is 94.7 Å². The van der Waals surface area contributed by atoms with Crippen LogP contribution in [-0.4, -0.2) is 59.4 Å². The first-order valence-electron chi connectivity index (χ1n) is 14.9. The lowest BCUT2D eigenvalue weighted by Crippen LogP contribution is -2.46. The standard InChI is InChI=1S/C32H31ClF4N6O2S2/c33-22-4-1-20(2-5-22)27-15-23(34)6-3-21(27)17-42-12-9-24(10-13-42)43-14-11-26-29(18-43)39-19-40-31(26)41-47(44,45)25-7-8-28(38)30(16-25)46-32(35,36)37/h1-8,15-16,19,24H,9-14,17-18,38H2,(H,39,40,41). The van der Waals surface area contributed by atoms with Gasteiger partial charge in [-0.15, -0.1) is 0 Å². The first kappa shape index (κ1) is 33.5. The number of nitrogens with zero attached hydrogens (tertiary/aromatic N) is 4. The predicted molar refractivity (Wildman–Crippen MR) is 175 cm³/mol. The SMILES string of the molecule is Nc1ccc(S(=O)(=O)Nc2ncnc3c2CCN(C2CCN(Cc4ccc(F)cc4-c4ccc(Cl)cc4)CC2)C3)cc1SC(F)(F)F. The molecule has 1 saturated heterocycles. The van der Waals surface area contributed by atoms with E-state index in [1.807, 2.05) is 18.2 Å². The van der Waals surface area contributed by atoms with Gasteiger partial charge in [0.2, 0.25) is 0 Å². The van der Waals surface area contributed by atoms with Crippen molar-refractivity contribution in [2.24, 2.45) is 0 Å². The van der Waals surface area contributed by atoms with Crippen LogP contribution in [0.2, 0.25) is 5.02 Å². The maximum Gasteiger partial charge on any atom is 0.446 e. The highest BCUT2D eigenvalue weighted by Gasteiger charge is 2.32. The summed E-state index contributed by atoms with van der Waals surface area (Å²) < 4.78 is 81.9. The van der Waals surface area contributed by atoms with E-state index in [-0.39, 0.29) is 22.2 Å². The Bertz CT molecular complexity index is 1870. The van der Waals surface area contributed by atoms with Crippen LogP contribution in [0.4, 0.5) is 29.1 Å². The molecular formula is C32H31ClF4N6O2S2. The zero-order chi connectivity index (χ0) is 33.3. The predicted octanol–water partition coefficient (Wildman–Crippen LogP) is 6.95. The monoisotopic (exact) mass is 706 g/mol. The number of sulfonamides is 1. The average Bonchev–Trinajstić information content (AvgIpc) is 3.03. The molecule has 0 saturated carbocycles. The van der Waals surface area contributed by atoms with Crippen LogP contribution in [0.1, 0.15) is 29.7 Å². The minimum Gasteiger partial charge on any atom is -0.398 e. The van der Waals surface area contributed by atoms with Gasteiger partial charge in [-0.3, -0.25) is 14.5 Å². The number of nitrogen functional groups attached to an aromatic ring is 1. The van der Waals surface area contributed by atoms with Crippen molar-refractivity contribution in [3.63, 3.8) is 0 Å². The molecule has 15 heteroatoms. The fraction of sp³-hybridized carbons (Fsp3) is 0.312. The van der Waals surface area contributed by atoms with Crippen molar-refractivity contribution in [1.29, 1.82) is 0 Å². The number of thioether (sulfide) groups is 1. The Labute approximate surface area is 279 Å². The zero-order valence-corrected chi connectivity index (χ0v) is 27.4. The third-order valence-corrected chi connectivity index (χ3v) is 10.9. The van der Waals surface area contributed by atoms with Crippen LogP contribution in [0, 0.1) is 5.82 Å². The number of fused-ring (bicyclic) bond motifs is 1. The van der Waals surface area contributed by atoms with Gasteiger partial charge in [0.1, 0.15) is 18.0 Å². The van der Waals surface area contributed by atoms with Crippen LogP contribution in [-0.2, 0) is 29.5 Å². The molecule has 248 valence electrons. The number of nitrogens with one attached hydrogen (secondary N) is 1. The number of halogens is 5. The molecule has 2 aliphatic rings. The van der Waals surface area contributed by atoms with Crippen LogP contribution in [0.25, 0.3) is 11.1 Å². The molecule has 3 N–H and O–H groups in total. The number of anilines is 2. The van der Waals surface area contributed by atoms with Gasteiger partial charge >= 0.3 is 5.51 Å². The molecule has 6 rings (SSSR count). The first-order chi connectivity index (χ1) is 22.3. The highest BCUT2D eigenvalue weighted by molar-refractivity contribution is 8.00. The van der Waals surface area contributed by atoms with E-state index in [4.69, 9.17) is 17.3 Å². The molecule has 3 heterocycles. The molecule has 0 spiro atoms. The lowest BCUT2D eigenvalue weighted by molar-refractivity contribution is -0.0328. The van der Waals surface area contributed by atoms with E-state index >= 15 is 0 Å². The number of aromatic nitrogens is 2. The lowest BCUT2D eigenvalue weighted by atomic mass is 9.96. The van der Waals surface area contributed by atoms with Crippen LogP contribution in [0.15, 0.2) is 76.8 Å². The molecule has 0 atom stereocenters. The second-order valence-electron chi connectivity index (χ2n) is 11.5. The van der Waals surface area contributed by atoms with Crippen molar-refractivity contribution < 1.29 is 26.0 Å². The largest absolute Gasteiger partial charge is 0.446 e. The molecular weight excluding hydrogens is 676 g/mol. The molecule has 2 aliphatic heterocycles.